The van der Waals surface area contributed by atoms with Crippen molar-refractivity contribution >= 4 is 21.6 Å². The number of rotatable bonds is 8. The topological polar surface area (TPSA) is 74.1 Å². The lowest BCUT2D eigenvalue weighted by atomic mass is 10.1. The van der Waals surface area contributed by atoms with E-state index in [0.717, 1.165) is 35.3 Å². The number of sulfone groups is 1. The molecule has 1 unspecified atom stereocenters. The van der Waals surface area contributed by atoms with Gasteiger partial charge in [-0.3, -0.25) is 0 Å². The number of hydrogen-bond acceptors (Lipinski definition) is 6. The van der Waals surface area contributed by atoms with E-state index in [1.54, 1.807) is 11.8 Å². The maximum Gasteiger partial charge on any atom is 0.190 e. The second-order valence-electron chi connectivity index (χ2n) is 6.29. The Morgan fingerprint density at radius 2 is 2.08 bits per heavy atom. The lowest BCUT2D eigenvalue weighted by Gasteiger charge is -2.08. The van der Waals surface area contributed by atoms with Crippen LogP contribution in [0.5, 0.6) is 5.75 Å². The van der Waals surface area contributed by atoms with Crippen molar-refractivity contribution in [3.63, 3.8) is 0 Å². The standard InChI is InChI=1S/C17H23N3O3S2/c1-20-16(12-14-8-11-25(21,22)13-14)18-19-17(20)24-10-5-9-23-15-6-3-2-4-7-15/h2-4,6-7,14H,5,8-13H2,1H3. The highest BCUT2D eigenvalue weighted by Gasteiger charge is 2.29. The minimum Gasteiger partial charge on any atom is -0.494 e. The molecule has 8 heteroatoms. The van der Waals surface area contributed by atoms with E-state index in [1.165, 1.54) is 0 Å². The van der Waals surface area contributed by atoms with E-state index in [2.05, 4.69) is 10.2 Å². The molecule has 0 saturated carbocycles. The normalized spacial score (nSPS) is 19.2. The molecule has 1 aromatic carbocycles. The zero-order chi connectivity index (χ0) is 17.7. The van der Waals surface area contributed by atoms with Crippen LogP contribution in [0, 0.1) is 5.92 Å². The van der Waals surface area contributed by atoms with Crippen molar-refractivity contribution in [2.45, 2.75) is 24.4 Å². The van der Waals surface area contributed by atoms with E-state index in [9.17, 15) is 8.42 Å². The predicted octanol–water partition coefficient (Wildman–Crippen LogP) is 2.35. The van der Waals surface area contributed by atoms with Crippen LogP contribution in [0.3, 0.4) is 0 Å². The molecule has 1 aromatic heterocycles. The highest BCUT2D eigenvalue weighted by molar-refractivity contribution is 7.99. The highest BCUT2D eigenvalue weighted by Crippen LogP contribution is 2.24. The van der Waals surface area contributed by atoms with E-state index >= 15 is 0 Å². The molecule has 1 aliphatic heterocycles. The molecular weight excluding hydrogens is 358 g/mol. The summed E-state index contributed by atoms with van der Waals surface area (Å²) in [6.45, 7) is 0.668. The van der Waals surface area contributed by atoms with Gasteiger partial charge in [0.05, 0.1) is 18.1 Å². The van der Waals surface area contributed by atoms with Crippen molar-refractivity contribution in [3.8, 4) is 5.75 Å². The van der Waals surface area contributed by atoms with Crippen molar-refractivity contribution in [2.24, 2.45) is 13.0 Å². The Bertz CT molecular complexity index is 791. The summed E-state index contributed by atoms with van der Waals surface area (Å²) in [6, 6.07) is 9.79. The summed E-state index contributed by atoms with van der Waals surface area (Å²) in [6.07, 6.45) is 2.33. The van der Waals surface area contributed by atoms with Crippen LogP contribution in [0.25, 0.3) is 0 Å². The first kappa shape index (κ1) is 18.3. The Morgan fingerprint density at radius 3 is 2.80 bits per heavy atom. The maximum atomic E-state index is 11.6. The fourth-order valence-corrected chi connectivity index (χ4v) is 5.57. The molecule has 6 nitrogen and oxygen atoms in total. The lowest BCUT2D eigenvalue weighted by molar-refractivity contribution is 0.318. The molecule has 3 rings (SSSR count). The molecule has 1 aliphatic rings. The summed E-state index contributed by atoms with van der Waals surface area (Å²) in [5.74, 6) is 3.41. The zero-order valence-corrected chi connectivity index (χ0v) is 15.9. The average molecular weight is 382 g/mol. The number of thioether (sulfide) groups is 1. The van der Waals surface area contributed by atoms with Gasteiger partial charge in [0.2, 0.25) is 0 Å². The number of para-hydroxylation sites is 1. The van der Waals surface area contributed by atoms with Crippen LogP contribution in [0.1, 0.15) is 18.7 Å². The molecule has 0 N–H and O–H groups in total. The first-order valence-corrected chi connectivity index (χ1v) is 11.2. The molecule has 0 radical (unpaired) electrons. The number of benzene rings is 1. The molecule has 0 bridgehead atoms. The zero-order valence-electron chi connectivity index (χ0n) is 14.3. The lowest BCUT2D eigenvalue weighted by Crippen LogP contribution is -2.11. The number of aromatic nitrogens is 3. The summed E-state index contributed by atoms with van der Waals surface area (Å²) in [4.78, 5) is 0. The fraction of sp³-hybridized carbons (Fsp3) is 0.529. The third-order valence-corrected chi connectivity index (χ3v) is 7.20. The summed E-state index contributed by atoms with van der Waals surface area (Å²) >= 11 is 1.65. The third kappa shape index (κ3) is 5.22. The number of hydrogen-bond donors (Lipinski definition) is 0. The van der Waals surface area contributed by atoms with Gasteiger partial charge in [-0.1, -0.05) is 30.0 Å². The Morgan fingerprint density at radius 1 is 1.28 bits per heavy atom. The Labute approximate surface area is 152 Å². The first-order valence-electron chi connectivity index (χ1n) is 8.43. The van der Waals surface area contributed by atoms with Gasteiger partial charge < -0.3 is 9.30 Å². The van der Waals surface area contributed by atoms with Crippen molar-refractivity contribution in [1.29, 1.82) is 0 Å². The summed E-state index contributed by atoms with van der Waals surface area (Å²) in [7, 11) is -0.896. The maximum absolute atomic E-state index is 11.6. The highest BCUT2D eigenvalue weighted by atomic mass is 32.2. The molecule has 0 aliphatic carbocycles. The first-order chi connectivity index (χ1) is 12.0. The van der Waals surface area contributed by atoms with Crippen LogP contribution in [0.15, 0.2) is 35.5 Å². The Hall–Kier alpha value is -1.54. The van der Waals surface area contributed by atoms with Gasteiger partial charge in [-0.05, 0) is 30.9 Å². The van der Waals surface area contributed by atoms with Crippen LogP contribution in [-0.2, 0) is 23.3 Å². The second kappa shape index (κ2) is 8.23. The van der Waals surface area contributed by atoms with Gasteiger partial charge in [-0.25, -0.2) is 8.42 Å². The largest absolute Gasteiger partial charge is 0.494 e. The Kier molecular flexibility index (Phi) is 6.01. The average Bonchev–Trinajstić information content (AvgIpc) is 3.11. The number of ether oxygens (including phenoxy) is 1. The number of nitrogens with zero attached hydrogens (tertiary/aromatic N) is 3. The minimum absolute atomic E-state index is 0.171. The summed E-state index contributed by atoms with van der Waals surface area (Å²) in [5, 5.41) is 9.35. The molecule has 25 heavy (non-hydrogen) atoms. The minimum atomic E-state index is -2.84. The molecule has 1 fully saturated rings. The quantitative estimate of drug-likeness (QED) is 0.516. The molecule has 0 spiro atoms. The molecule has 1 atom stereocenters. The van der Waals surface area contributed by atoms with Gasteiger partial charge in [0.25, 0.3) is 0 Å². The van der Waals surface area contributed by atoms with Gasteiger partial charge >= 0.3 is 0 Å². The third-order valence-electron chi connectivity index (χ3n) is 4.25. The van der Waals surface area contributed by atoms with Crippen LogP contribution in [0.4, 0.5) is 0 Å². The van der Waals surface area contributed by atoms with Crippen molar-refractivity contribution in [3.05, 3.63) is 36.2 Å². The van der Waals surface area contributed by atoms with Crippen LogP contribution < -0.4 is 4.74 Å². The summed E-state index contributed by atoms with van der Waals surface area (Å²) in [5.41, 5.74) is 0. The van der Waals surface area contributed by atoms with E-state index < -0.39 is 9.84 Å². The molecule has 0 amide bonds. The predicted molar refractivity (Wildman–Crippen MR) is 98.7 cm³/mol. The Balaban J connectivity index is 1.42. The van der Waals surface area contributed by atoms with Crippen molar-refractivity contribution < 1.29 is 13.2 Å². The van der Waals surface area contributed by atoms with Crippen LogP contribution in [0.2, 0.25) is 0 Å². The van der Waals surface area contributed by atoms with Crippen LogP contribution >= 0.6 is 11.8 Å². The van der Waals surface area contributed by atoms with Crippen molar-refractivity contribution in [2.75, 3.05) is 23.9 Å². The molecule has 1 saturated heterocycles. The molecular formula is C17H23N3O3S2. The van der Waals surface area contributed by atoms with E-state index in [1.807, 2.05) is 41.9 Å². The van der Waals surface area contributed by atoms with E-state index in [4.69, 9.17) is 4.74 Å². The van der Waals surface area contributed by atoms with Gasteiger partial charge in [0.15, 0.2) is 15.0 Å². The molecule has 2 aromatic rings. The van der Waals surface area contributed by atoms with Crippen molar-refractivity contribution in [1.82, 2.24) is 14.8 Å². The smallest absolute Gasteiger partial charge is 0.190 e. The monoisotopic (exact) mass is 381 g/mol. The van der Waals surface area contributed by atoms with Gasteiger partial charge in [0.1, 0.15) is 11.6 Å². The van der Waals surface area contributed by atoms with Gasteiger partial charge in [0, 0.05) is 19.2 Å². The van der Waals surface area contributed by atoms with E-state index in [0.29, 0.717) is 18.8 Å². The van der Waals surface area contributed by atoms with Gasteiger partial charge in [-0.2, -0.15) is 0 Å². The van der Waals surface area contributed by atoms with Gasteiger partial charge in [-0.15, -0.1) is 10.2 Å². The SMILES string of the molecule is Cn1c(CC2CCS(=O)(=O)C2)nnc1SCCCOc1ccccc1. The molecule has 136 valence electrons. The van der Waals surface area contributed by atoms with E-state index in [-0.39, 0.29) is 11.7 Å². The fourth-order valence-electron chi connectivity index (χ4n) is 2.87. The second-order valence-corrected chi connectivity index (χ2v) is 9.59. The summed E-state index contributed by atoms with van der Waals surface area (Å²) < 4.78 is 30.8. The van der Waals surface area contributed by atoms with Crippen LogP contribution in [-0.4, -0.2) is 47.0 Å². The molecule has 2 heterocycles.